The molecule has 2 aromatic rings. The highest BCUT2D eigenvalue weighted by molar-refractivity contribution is 7.89. The summed E-state index contributed by atoms with van der Waals surface area (Å²) in [5.41, 5.74) is 0.289. The summed E-state index contributed by atoms with van der Waals surface area (Å²) in [7, 11) is -3.78. The molecule has 0 bridgehead atoms. The second-order valence-corrected chi connectivity index (χ2v) is 9.96. The molecular formula is C21H21ClN2O4S. The molecule has 1 atom stereocenters. The van der Waals surface area contributed by atoms with E-state index in [0.29, 0.717) is 23.7 Å². The van der Waals surface area contributed by atoms with Crippen molar-refractivity contribution in [3.05, 3.63) is 59.1 Å². The number of anilines is 1. The normalized spacial score (nSPS) is 23.2. The van der Waals surface area contributed by atoms with Crippen LogP contribution in [-0.2, 0) is 19.6 Å². The molecule has 0 aliphatic carbocycles. The Morgan fingerprint density at radius 3 is 2.28 bits per heavy atom. The number of sulfonamides is 1. The summed E-state index contributed by atoms with van der Waals surface area (Å²) in [5.74, 6) is -0.525. The highest BCUT2D eigenvalue weighted by Crippen LogP contribution is 2.41. The standard InChI is InChI=1S/C21H21ClN2O4S/c1-15-2-8-18(9-3-15)29(27,28)23-12-10-19(25)21(14-23)11-13-24(20(21)26)17-6-4-16(22)5-7-17/h2-9H,10-14H2,1H3. The first-order valence-electron chi connectivity index (χ1n) is 9.42. The van der Waals surface area contributed by atoms with E-state index in [9.17, 15) is 18.0 Å². The molecule has 2 fully saturated rings. The van der Waals surface area contributed by atoms with Crippen LogP contribution >= 0.6 is 11.6 Å². The number of piperidine rings is 1. The first-order chi connectivity index (χ1) is 13.7. The van der Waals surface area contributed by atoms with Crippen molar-refractivity contribution in [1.29, 1.82) is 0 Å². The fourth-order valence-corrected chi connectivity index (χ4v) is 5.67. The maximum absolute atomic E-state index is 13.3. The Morgan fingerprint density at radius 2 is 1.62 bits per heavy atom. The molecule has 0 N–H and O–H groups in total. The van der Waals surface area contributed by atoms with E-state index in [1.54, 1.807) is 53.4 Å². The summed E-state index contributed by atoms with van der Waals surface area (Å²) in [6, 6.07) is 13.4. The number of amides is 1. The second-order valence-electron chi connectivity index (χ2n) is 7.59. The van der Waals surface area contributed by atoms with Crippen LogP contribution in [0.4, 0.5) is 5.69 Å². The van der Waals surface area contributed by atoms with Gasteiger partial charge in [-0.25, -0.2) is 8.42 Å². The second kappa shape index (κ2) is 7.23. The van der Waals surface area contributed by atoms with Crippen LogP contribution < -0.4 is 4.90 Å². The highest BCUT2D eigenvalue weighted by atomic mass is 35.5. The third-order valence-electron chi connectivity index (χ3n) is 5.78. The van der Waals surface area contributed by atoms with Crippen LogP contribution in [0.5, 0.6) is 0 Å². The average Bonchev–Trinajstić information content (AvgIpc) is 3.02. The molecule has 2 aliphatic rings. The molecule has 1 unspecified atom stereocenters. The van der Waals surface area contributed by atoms with Gasteiger partial charge in [0.05, 0.1) is 4.90 Å². The minimum Gasteiger partial charge on any atom is -0.311 e. The first-order valence-corrected chi connectivity index (χ1v) is 11.2. The lowest BCUT2D eigenvalue weighted by atomic mass is 9.78. The van der Waals surface area contributed by atoms with E-state index < -0.39 is 15.4 Å². The van der Waals surface area contributed by atoms with Crippen molar-refractivity contribution in [2.24, 2.45) is 5.41 Å². The van der Waals surface area contributed by atoms with Crippen molar-refractivity contribution in [3.63, 3.8) is 0 Å². The maximum Gasteiger partial charge on any atom is 0.243 e. The van der Waals surface area contributed by atoms with Gasteiger partial charge in [-0.1, -0.05) is 29.3 Å². The maximum atomic E-state index is 13.3. The summed E-state index contributed by atoms with van der Waals surface area (Å²) >= 11 is 5.93. The number of carbonyl (C=O) groups excluding carboxylic acids is 2. The van der Waals surface area contributed by atoms with E-state index in [2.05, 4.69) is 0 Å². The Bertz CT molecular complexity index is 1070. The molecule has 152 valence electrons. The lowest BCUT2D eigenvalue weighted by Crippen LogP contribution is -2.54. The lowest BCUT2D eigenvalue weighted by molar-refractivity contribution is -0.141. The average molecular weight is 433 g/mol. The molecular weight excluding hydrogens is 412 g/mol. The molecule has 2 saturated heterocycles. The van der Waals surface area contributed by atoms with E-state index in [4.69, 9.17) is 11.6 Å². The van der Waals surface area contributed by atoms with Gasteiger partial charge >= 0.3 is 0 Å². The van der Waals surface area contributed by atoms with Crippen molar-refractivity contribution in [2.45, 2.75) is 24.7 Å². The van der Waals surface area contributed by atoms with Crippen LogP contribution in [-0.4, -0.2) is 44.0 Å². The van der Waals surface area contributed by atoms with E-state index in [1.807, 2.05) is 6.92 Å². The monoisotopic (exact) mass is 432 g/mol. The smallest absolute Gasteiger partial charge is 0.243 e. The zero-order chi connectivity index (χ0) is 20.8. The Hall–Kier alpha value is -2.22. The Kier molecular flexibility index (Phi) is 5.01. The number of benzene rings is 2. The first kappa shape index (κ1) is 20.1. The van der Waals surface area contributed by atoms with E-state index in [-0.39, 0.29) is 36.1 Å². The third-order valence-corrected chi connectivity index (χ3v) is 7.89. The van der Waals surface area contributed by atoms with Crippen molar-refractivity contribution in [1.82, 2.24) is 4.31 Å². The van der Waals surface area contributed by atoms with Gasteiger partial charge in [0.1, 0.15) is 5.41 Å². The number of Topliss-reactive ketones (excluding diaryl/α,β-unsaturated/α-hetero) is 1. The van der Waals surface area contributed by atoms with Crippen molar-refractivity contribution in [3.8, 4) is 0 Å². The van der Waals surface area contributed by atoms with Gasteiger partial charge in [-0.15, -0.1) is 0 Å². The van der Waals surface area contributed by atoms with Crippen LogP contribution in [0.25, 0.3) is 0 Å². The van der Waals surface area contributed by atoms with Crippen molar-refractivity contribution < 1.29 is 18.0 Å². The molecule has 2 heterocycles. The Balaban J connectivity index is 1.64. The van der Waals surface area contributed by atoms with E-state index in [1.165, 1.54) is 4.31 Å². The number of nitrogens with zero attached hydrogens (tertiary/aromatic N) is 2. The predicted octanol–water partition coefficient (Wildman–Crippen LogP) is 3.04. The van der Waals surface area contributed by atoms with Crippen LogP contribution in [0.3, 0.4) is 0 Å². The molecule has 29 heavy (non-hydrogen) atoms. The summed E-state index contributed by atoms with van der Waals surface area (Å²) < 4.78 is 27.5. The molecule has 0 saturated carbocycles. The minimum atomic E-state index is -3.78. The number of hydrogen-bond acceptors (Lipinski definition) is 4. The Labute approximate surface area is 175 Å². The molecule has 0 aromatic heterocycles. The number of rotatable bonds is 3. The zero-order valence-corrected chi connectivity index (χ0v) is 17.5. The van der Waals surface area contributed by atoms with Crippen molar-refractivity contribution >= 4 is 39.0 Å². The largest absolute Gasteiger partial charge is 0.311 e. The number of halogens is 1. The molecule has 0 radical (unpaired) electrons. The number of carbonyl (C=O) groups is 2. The summed E-state index contributed by atoms with van der Waals surface area (Å²) in [4.78, 5) is 27.8. The topological polar surface area (TPSA) is 74.8 Å². The molecule has 8 heteroatoms. The van der Waals surface area contributed by atoms with Gasteiger partial charge in [0.15, 0.2) is 5.78 Å². The molecule has 2 aromatic carbocycles. The fourth-order valence-electron chi connectivity index (χ4n) is 4.04. The molecule has 4 rings (SSSR count). The van der Waals surface area contributed by atoms with Crippen LogP contribution in [0.2, 0.25) is 5.02 Å². The van der Waals surface area contributed by atoms with Crippen LogP contribution in [0.15, 0.2) is 53.4 Å². The lowest BCUT2D eigenvalue weighted by Gasteiger charge is -2.37. The van der Waals surface area contributed by atoms with E-state index >= 15 is 0 Å². The molecule has 6 nitrogen and oxygen atoms in total. The molecule has 1 spiro atoms. The summed E-state index contributed by atoms with van der Waals surface area (Å²) in [6.07, 6.45) is 0.332. The predicted molar refractivity (Wildman–Crippen MR) is 110 cm³/mol. The molecule has 2 aliphatic heterocycles. The number of ketones is 1. The van der Waals surface area contributed by atoms with Gasteiger partial charge in [-0.05, 0) is 49.7 Å². The summed E-state index contributed by atoms with van der Waals surface area (Å²) in [6.45, 7) is 2.22. The number of aryl methyl sites for hydroxylation is 1. The van der Waals surface area contributed by atoms with Gasteiger partial charge in [0, 0.05) is 36.8 Å². The molecule has 1 amide bonds. The van der Waals surface area contributed by atoms with Gasteiger partial charge < -0.3 is 4.90 Å². The van der Waals surface area contributed by atoms with Crippen molar-refractivity contribution in [2.75, 3.05) is 24.5 Å². The fraction of sp³-hybridized carbons (Fsp3) is 0.333. The number of hydrogen-bond donors (Lipinski definition) is 0. The minimum absolute atomic E-state index is 0.0330. The highest BCUT2D eigenvalue weighted by Gasteiger charge is 2.56. The third kappa shape index (κ3) is 3.37. The van der Waals surface area contributed by atoms with Crippen LogP contribution in [0, 0.1) is 12.3 Å². The SMILES string of the molecule is Cc1ccc(S(=O)(=O)N2CCC(=O)C3(CCN(c4ccc(Cl)cc4)C3=O)C2)cc1. The zero-order valence-electron chi connectivity index (χ0n) is 16.0. The quantitative estimate of drug-likeness (QED) is 0.698. The van der Waals surface area contributed by atoms with Gasteiger partial charge in [-0.2, -0.15) is 4.31 Å². The summed E-state index contributed by atoms with van der Waals surface area (Å²) in [5, 5.41) is 0.555. The van der Waals surface area contributed by atoms with Crippen LogP contribution in [0.1, 0.15) is 18.4 Å². The Morgan fingerprint density at radius 1 is 0.966 bits per heavy atom. The van der Waals surface area contributed by atoms with Gasteiger partial charge in [0.25, 0.3) is 0 Å². The van der Waals surface area contributed by atoms with Gasteiger partial charge in [-0.3, -0.25) is 9.59 Å². The van der Waals surface area contributed by atoms with Gasteiger partial charge in [0.2, 0.25) is 15.9 Å². The van der Waals surface area contributed by atoms with E-state index in [0.717, 1.165) is 5.56 Å².